The normalized spacial score (nSPS) is 12.5. The average molecular weight is 344 g/mol. The molecular formula is C14H15BrFNOS. The van der Waals surface area contributed by atoms with Crippen molar-refractivity contribution in [3.63, 3.8) is 0 Å². The molecule has 1 atom stereocenters. The Morgan fingerprint density at radius 2 is 2.21 bits per heavy atom. The molecule has 0 saturated heterocycles. The van der Waals surface area contributed by atoms with Gasteiger partial charge in [-0.3, -0.25) is 0 Å². The molecule has 2 rings (SSSR count). The average Bonchev–Trinajstić information content (AvgIpc) is 2.73. The Labute approximate surface area is 124 Å². The van der Waals surface area contributed by atoms with E-state index in [1.165, 1.54) is 6.07 Å². The van der Waals surface area contributed by atoms with Gasteiger partial charge in [0.1, 0.15) is 5.82 Å². The van der Waals surface area contributed by atoms with Crippen molar-refractivity contribution < 1.29 is 9.50 Å². The molecule has 0 aliphatic heterocycles. The van der Waals surface area contributed by atoms with E-state index in [-0.39, 0.29) is 5.82 Å². The lowest BCUT2D eigenvalue weighted by Gasteiger charge is -2.23. The van der Waals surface area contributed by atoms with E-state index in [4.69, 9.17) is 0 Å². The highest BCUT2D eigenvalue weighted by Crippen LogP contribution is 2.30. The van der Waals surface area contributed by atoms with Crippen LogP contribution < -0.4 is 4.90 Å². The summed E-state index contributed by atoms with van der Waals surface area (Å²) in [6.45, 7) is 2.25. The molecule has 1 N–H and O–H groups in total. The Balaban J connectivity index is 2.28. The molecule has 1 aromatic carbocycles. The zero-order valence-corrected chi connectivity index (χ0v) is 13.1. The molecule has 1 heterocycles. The molecule has 0 aliphatic carbocycles. The Hall–Kier alpha value is -0.910. The number of rotatable bonds is 4. The summed E-state index contributed by atoms with van der Waals surface area (Å²) in [5, 5.41) is 11.8. The molecule has 102 valence electrons. The fraction of sp³-hybridized carbons (Fsp3) is 0.286. The van der Waals surface area contributed by atoms with Crippen LogP contribution in [-0.4, -0.2) is 12.2 Å². The number of nitrogens with zero attached hydrogens (tertiary/aromatic N) is 1. The number of aliphatic hydroxyl groups is 1. The third-order valence-corrected chi connectivity index (χ3v) is 4.45. The summed E-state index contributed by atoms with van der Waals surface area (Å²) in [6.07, 6.45) is -0.826. The second kappa shape index (κ2) is 6.03. The first-order valence-electron chi connectivity index (χ1n) is 5.89. The SMILES string of the molecule is CC(O)c1c(F)cccc1N(C)Cc1csc(Br)c1. The van der Waals surface area contributed by atoms with Crippen LogP contribution in [0.4, 0.5) is 10.1 Å². The minimum atomic E-state index is -0.826. The van der Waals surface area contributed by atoms with E-state index in [0.717, 1.165) is 15.0 Å². The fourth-order valence-electron chi connectivity index (χ4n) is 2.06. The van der Waals surface area contributed by atoms with Gasteiger partial charge in [0.25, 0.3) is 0 Å². The van der Waals surface area contributed by atoms with E-state index in [2.05, 4.69) is 21.3 Å². The molecule has 0 aliphatic rings. The first-order valence-corrected chi connectivity index (χ1v) is 7.57. The highest BCUT2D eigenvalue weighted by molar-refractivity contribution is 9.11. The monoisotopic (exact) mass is 343 g/mol. The van der Waals surface area contributed by atoms with Gasteiger partial charge in [0.05, 0.1) is 9.89 Å². The van der Waals surface area contributed by atoms with Gasteiger partial charge in [0.2, 0.25) is 0 Å². The Bertz CT molecular complexity index is 570. The number of anilines is 1. The zero-order chi connectivity index (χ0) is 14.0. The van der Waals surface area contributed by atoms with Gasteiger partial charge < -0.3 is 10.0 Å². The quantitative estimate of drug-likeness (QED) is 0.892. The van der Waals surface area contributed by atoms with Gasteiger partial charge in [-0.1, -0.05) is 6.07 Å². The minimum Gasteiger partial charge on any atom is -0.389 e. The van der Waals surface area contributed by atoms with Crippen LogP contribution in [0.25, 0.3) is 0 Å². The summed E-state index contributed by atoms with van der Waals surface area (Å²) < 4.78 is 14.9. The number of halogens is 2. The van der Waals surface area contributed by atoms with Gasteiger partial charge in [-0.15, -0.1) is 11.3 Å². The standard InChI is InChI=1S/C14H15BrFNOS/c1-9(18)14-11(16)4-3-5-12(14)17(2)7-10-6-13(15)19-8-10/h3-6,8-9,18H,7H2,1-2H3. The summed E-state index contributed by atoms with van der Waals surface area (Å²) in [7, 11) is 1.90. The van der Waals surface area contributed by atoms with E-state index >= 15 is 0 Å². The second-order valence-corrected chi connectivity index (χ2v) is 6.75. The summed E-state index contributed by atoms with van der Waals surface area (Å²) in [4.78, 5) is 1.94. The number of thiophene rings is 1. The van der Waals surface area contributed by atoms with Gasteiger partial charge in [0, 0.05) is 24.8 Å². The summed E-state index contributed by atoms with van der Waals surface area (Å²) >= 11 is 5.05. The molecule has 0 saturated carbocycles. The van der Waals surface area contributed by atoms with Gasteiger partial charge in [0.15, 0.2) is 0 Å². The first kappa shape index (κ1) is 14.5. The van der Waals surface area contributed by atoms with Crippen LogP contribution in [0.3, 0.4) is 0 Å². The van der Waals surface area contributed by atoms with Crippen molar-refractivity contribution in [3.8, 4) is 0 Å². The van der Waals surface area contributed by atoms with Gasteiger partial charge in [-0.25, -0.2) is 4.39 Å². The topological polar surface area (TPSA) is 23.5 Å². The Kier molecular flexibility index (Phi) is 4.60. The largest absolute Gasteiger partial charge is 0.389 e. The third-order valence-electron chi connectivity index (χ3n) is 2.90. The van der Waals surface area contributed by atoms with Gasteiger partial charge >= 0.3 is 0 Å². The highest BCUT2D eigenvalue weighted by atomic mass is 79.9. The molecule has 0 fully saturated rings. The van der Waals surface area contributed by atoms with Crippen LogP contribution in [-0.2, 0) is 6.54 Å². The predicted octanol–water partition coefficient (Wildman–Crippen LogP) is 4.34. The number of benzene rings is 1. The van der Waals surface area contributed by atoms with E-state index < -0.39 is 6.10 Å². The number of hydrogen-bond donors (Lipinski definition) is 1. The van der Waals surface area contributed by atoms with Crippen molar-refractivity contribution in [3.05, 3.63) is 50.4 Å². The third kappa shape index (κ3) is 3.35. The van der Waals surface area contributed by atoms with Crippen LogP contribution in [0.15, 0.2) is 33.4 Å². The van der Waals surface area contributed by atoms with Crippen LogP contribution in [0.2, 0.25) is 0 Å². The van der Waals surface area contributed by atoms with Crippen molar-refractivity contribution >= 4 is 33.0 Å². The van der Waals surface area contributed by atoms with Crippen molar-refractivity contribution in [2.75, 3.05) is 11.9 Å². The molecule has 19 heavy (non-hydrogen) atoms. The van der Waals surface area contributed by atoms with E-state index in [0.29, 0.717) is 12.1 Å². The molecule has 2 aromatic rings. The van der Waals surface area contributed by atoms with Crippen molar-refractivity contribution in [2.45, 2.75) is 19.6 Å². The molecule has 0 bridgehead atoms. The number of aliphatic hydroxyl groups excluding tert-OH is 1. The molecule has 2 nitrogen and oxygen atoms in total. The summed E-state index contributed by atoms with van der Waals surface area (Å²) in [6, 6.07) is 6.91. The molecule has 5 heteroatoms. The van der Waals surface area contributed by atoms with Crippen LogP contribution in [0, 0.1) is 5.82 Å². The Morgan fingerprint density at radius 1 is 1.47 bits per heavy atom. The zero-order valence-electron chi connectivity index (χ0n) is 10.7. The predicted molar refractivity (Wildman–Crippen MR) is 81.2 cm³/mol. The lowest BCUT2D eigenvalue weighted by molar-refractivity contribution is 0.194. The van der Waals surface area contributed by atoms with Crippen molar-refractivity contribution in [2.24, 2.45) is 0 Å². The van der Waals surface area contributed by atoms with Crippen molar-refractivity contribution in [1.29, 1.82) is 0 Å². The first-order chi connectivity index (χ1) is 8.99. The van der Waals surface area contributed by atoms with Crippen LogP contribution in [0.1, 0.15) is 24.2 Å². The van der Waals surface area contributed by atoms with Crippen LogP contribution in [0.5, 0.6) is 0 Å². The van der Waals surface area contributed by atoms with Crippen LogP contribution >= 0.6 is 27.3 Å². The second-order valence-electron chi connectivity index (χ2n) is 4.46. The van der Waals surface area contributed by atoms with E-state index in [9.17, 15) is 9.50 Å². The van der Waals surface area contributed by atoms with E-state index in [1.54, 1.807) is 24.3 Å². The van der Waals surface area contributed by atoms with Gasteiger partial charge in [-0.2, -0.15) is 0 Å². The molecule has 0 radical (unpaired) electrons. The summed E-state index contributed by atoms with van der Waals surface area (Å²) in [5.41, 5.74) is 2.22. The summed E-state index contributed by atoms with van der Waals surface area (Å²) in [5.74, 6) is -0.370. The molecule has 1 aromatic heterocycles. The van der Waals surface area contributed by atoms with E-state index in [1.807, 2.05) is 24.1 Å². The smallest absolute Gasteiger partial charge is 0.131 e. The lowest BCUT2D eigenvalue weighted by Crippen LogP contribution is -2.19. The van der Waals surface area contributed by atoms with Gasteiger partial charge in [-0.05, 0) is 52.0 Å². The minimum absolute atomic E-state index is 0.347. The molecular weight excluding hydrogens is 329 g/mol. The Morgan fingerprint density at radius 3 is 2.79 bits per heavy atom. The molecule has 0 amide bonds. The maximum absolute atomic E-state index is 13.8. The molecule has 0 spiro atoms. The van der Waals surface area contributed by atoms with Crippen molar-refractivity contribution in [1.82, 2.24) is 0 Å². The maximum atomic E-state index is 13.8. The maximum Gasteiger partial charge on any atom is 0.131 e. The number of hydrogen-bond acceptors (Lipinski definition) is 3. The molecule has 1 unspecified atom stereocenters. The highest BCUT2D eigenvalue weighted by Gasteiger charge is 2.16. The lowest BCUT2D eigenvalue weighted by atomic mass is 10.1. The fourth-order valence-corrected chi connectivity index (χ4v) is 3.26.